The molecule has 0 aliphatic heterocycles. The van der Waals surface area contributed by atoms with E-state index in [0.717, 1.165) is 6.07 Å². The predicted molar refractivity (Wildman–Crippen MR) is 109 cm³/mol. The number of benzene rings is 2. The van der Waals surface area contributed by atoms with Crippen LogP contribution >= 0.6 is 0 Å². The molecule has 0 saturated heterocycles. The average molecular weight is 404 g/mol. The Hall–Kier alpha value is -4.20. The lowest BCUT2D eigenvalue weighted by atomic mass is 10.2. The van der Waals surface area contributed by atoms with Crippen molar-refractivity contribution in [2.45, 2.75) is 0 Å². The topological polar surface area (TPSA) is 78.3 Å². The number of nitrogens with one attached hydrogen (secondary N) is 1. The summed E-state index contributed by atoms with van der Waals surface area (Å²) in [5, 5.41) is 2.71. The summed E-state index contributed by atoms with van der Waals surface area (Å²) in [6, 6.07) is 16.3. The number of rotatable bonds is 6. The Morgan fingerprint density at radius 2 is 1.80 bits per heavy atom. The van der Waals surface area contributed by atoms with Gasteiger partial charge in [0.1, 0.15) is 17.9 Å². The summed E-state index contributed by atoms with van der Waals surface area (Å²) in [7, 11) is 1.37. The van der Waals surface area contributed by atoms with Crippen LogP contribution in [-0.4, -0.2) is 27.6 Å². The lowest BCUT2D eigenvalue weighted by Gasteiger charge is -2.09. The molecule has 0 aliphatic rings. The molecule has 30 heavy (non-hydrogen) atoms. The van der Waals surface area contributed by atoms with Crippen LogP contribution in [0.25, 0.3) is 5.82 Å². The lowest BCUT2D eigenvalue weighted by molar-refractivity contribution is 0.102. The highest BCUT2D eigenvalue weighted by Gasteiger charge is 2.11. The molecule has 8 heteroatoms. The maximum atomic E-state index is 13.8. The van der Waals surface area contributed by atoms with Crippen molar-refractivity contribution in [2.75, 3.05) is 12.4 Å². The normalized spacial score (nSPS) is 10.5. The van der Waals surface area contributed by atoms with E-state index >= 15 is 0 Å². The molecule has 4 aromatic rings. The van der Waals surface area contributed by atoms with Gasteiger partial charge >= 0.3 is 0 Å². The van der Waals surface area contributed by atoms with Gasteiger partial charge in [-0.15, -0.1) is 0 Å². The van der Waals surface area contributed by atoms with Gasteiger partial charge in [0.15, 0.2) is 11.6 Å². The van der Waals surface area contributed by atoms with Gasteiger partial charge in [-0.25, -0.2) is 14.4 Å². The number of carbonyl (C=O) groups excluding carboxylic acids is 1. The highest BCUT2D eigenvalue weighted by atomic mass is 19.1. The highest BCUT2D eigenvalue weighted by Crippen LogP contribution is 2.23. The third kappa shape index (κ3) is 4.27. The van der Waals surface area contributed by atoms with Crippen molar-refractivity contribution in [3.8, 4) is 23.2 Å². The zero-order valence-corrected chi connectivity index (χ0v) is 15.9. The number of halogens is 1. The minimum atomic E-state index is -0.599. The number of hydrogen-bond donors (Lipinski definition) is 1. The zero-order valence-electron chi connectivity index (χ0n) is 15.9. The van der Waals surface area contributed by atoms with Crippen LogP contribution in [0, 0.1) is 5.82 Å². The van der Waals surface area contributed by atoms with E-state index in [4.69, 9.17) is 9.47 Å². The lowest BCUT2D eigenvalue weighted by Crippen LogP contribution is -2.12. The number of ether oxygens (including phenoxy) is 2. The Morgan fingerprint density at radius 3 is 2.50 bits per heavy atom. The standard InChI is InChI=1S/C22H17FN4O3/c1-29-19-9-4-15(12-18(19)23)22(28)26-16-5-7-17(8-6-16)30-21-13-20(24-14-25-21)27-10-2-3-11-27/h2-14H,1H3,(H,26,28). The van der Waals surface area contributed by atoms with E-state index in [2.05, 4.69) is 15.3 Å². The molecule has 2 aromatic carbocycles. The van der Waals surface area contributed by atoms with Crippen molar-refractivity contribution in [3.05, 3.63) is 90.8 Å². The number of anilines is 1. The summed E-state index contributed by atoms with van der Waals surface area (Å²) >= 11 is 0. The fourth-order valence-corrected chi connectivity index (χ4v) is 2.75. The van der Waals surface area contributed by atoms with Gasteiger partial charge in [0.25, 0.3) is 5.91 Å². The van der Waals surface area contributed by atoms with Gasteiger partial charge in [-0.05, 0) is 54.6 Å². The molecule has 150 valence electrons. The minimum Gasteiger partial charge on any atom is -0.494 e. The van der Waals surface area contributed by atoms with Crippen LogP contribution in [0.15, 0.2) is 79.4 Å². The van der Waals surface area contributed by atoms with E-state index in [9.17, 15) is 9.18 Å². The summed E-state index contributed by atoms with van der Waals surface area (Å²) in [5.41, 5.74) is 0.728. The smallest absolute Gasteiger partial charge is 0.255 e. The maximum absolute atomic E-state index is 13.8. The molecule has 0 spiro atoms. The highest BCUT2D eigenvalue weighted by molar-refractivity contribution is 6.04. The van der Waals surface area contributed by atoms with Crippen molar-refractivity contribution in [1.29, 1.82) is 0 Å². The largest absolute Gasteiger partial charge is 0.494 e. The van der Waals surface area contributed by atoms with Gasteiger partial charge in [-0.3, -0.25) is 4.79 Å². The van der Waals surface area contributed by atoms with Gasteiger partial charge in [0, 0.05) is 29.7 Å². The second kappa shape index (κ2) is 8.44. The molecule has 1 amide bonds. The zero-order chi connectivity index (χ0) is 20.9. The summed E-state index contributed by atoms with van der Waals surface area (Å²) in [6.45, 7) is 0. The van der Waals surface area contributed by atoms with Gasteiger partial charge in [0.05, 0.1) is 7.11 Å². The molecule has 2 heterocycles. The van der Waals surface area contributed by atoms with Gasteiger partial charge in [-0.2, -0.15) is 0 Å². The number of methoxy groups -OCH3 is 1. The Balaban J connectivity index is 1.42. The van der Waals surface area contributed by atoms with Crippen molar-refractivity contribution < 1.29 is 18.7 Å². The first-order chi connectivity index (χ1) is 14.6. The Bertz CT molecular complexity index is 1160. The van der Waals surface area contributed by atoms with E-state index in [1.807, 2.05) is 29.1 Å². The number of amides is 1. The molecule has 1 N–H and O–H groups in total. The summed E-state index contributed by atoms with van der Waals surface area (Å²) in [4.78, 5) is 20.6. The Labute approximate surface area is 171 Å². The molecule has 0 fully saturated rings. The first-order valence-corrected chi connectivity index (χ1v) is 9.00. The average Bonchev–Trinajstić information content (AvgIpc) is 3.30. The first kappa shape index (κ1) is 19.1. The fraction of sp³-hybridized carbons (Fsp3) is 0.0455. The third-order valence-corrected chi connectivity index (χ3v) is 4.25. The molecule has 0 radical (unpaired) electrons. The van der Waals surface area contributed by atoms with Crippen LogP contribution < -0.4 is 14.8 Å². The van der Waals surface area contributed by atoms with E-state index in [1.165, 1.54) is 25.6 Å². The quantitative estimate of drug-likeness (QED) is 0.513. The number of hydrogen-bond acceptors (Lipinski definition) is 5. The molecule has 0 unspecified atom stereocenters. The van der Waals surface area contributed by atoms with Crippen molar-refractivity contribution in [1.82, 2.24) is 14.5 Å². The van der Waals surface area contributed by atoms with Crippen LogP contribution in [0.1, 0.15) is 10.4 Å². The molecule has 0 aliphatic carbocycles. The van der Waals surface area contributed by atoms with Crippen molar-refractivity contribution in [2.24, 2.45) is 0 Å². The molecule has 0 atom stereocenters. The van der Waals surface area contributed by atoms with E-state index < -0.39 is 11.7 Å². The van der Waals surface area contributed by atoms with Gasteiger partial charge in [-0.1, -0.05) is 0 Å². The van der Waals surface area contributed by atoms with E-state index in [-0.39, 0.29) is 11.3 Å². The maximum Gasteiger partial charge on any atom is 0.255 e. The molecular weight excluding hydrogens is 387 g/mol. The molecule has 2 aromatic heterocycles. The molecule has 7 nitrogen and oxygen atoms in total. The van der Waals surface area contributed by atoms with Crippen LogP contribution in [0.2, 0.25) is 0 Å². The number of carbonyl (C=O) groups is 1. The van der Waals surface area contributed by atoms with Gasteiger partial charge < -0.3 is 19.4 Å². The number of aromatic nitrogens is 3. The van der Waals surface area contributed by atoms with Crippen LogP contribution in [0.5, 0.6) is 17.4 Å². The first-order valence-electron chi connectivity index (χ1n) is 9.00. The summed E-state index contributed by atoms with van der Waals surface area (Å²) < 4.78 is 26.3. The van der Waals surface area contributed by atoms with Crippen molar-refractivity contribution in [3.63, 3.8) is 0 Å². The predicted octanol–water partition coefficient (Wildman–Crippen LogP) is 4.46. The molecular formula is C22H17FN4O3. The Morgan fingerprint density at radius 1 is 1.03 bits per heavy atom. The molecule has 0 bridgehead atoms. The monoisotopic (exact) mass is 404 g/mol. The van der Waals surface area contributed by atoms with Crippen molar-refractivity contribution >= 4 is 11.6 Å². The minimum absolute atomic E-state index is 0.0812. The van der Waals surface area contributed by atoms with E-state index in [1.54, 1.807) is 30.3 Å². The molecule has 0 saturated carbocycles. The second-order valence-electron chi connectivity index (χ2n) is 6.23. The SMILES string of the molecule is COc1ccc(C(=O)Nc2ccc(Oc3cc(-n4cccc4)ncn3)cc2)cc1F. The van der Waals surface area contributed by atoms with Crippen LogP contribution in [-0.2, 0) is 0 Å². The third-order valence-electron chi connectivity index (χ3n) is 4.25. The van der Waals surface area contributed by atoms with Gasteiger partial charge in [0.2, 0.25) is 5.88 Å². The number of nitrogens with zero attached hydrogens (tertiary/aromatic N) is 3. The Kier molecular flexibility index (Phi) is 5.38. The van der Waals surface area contributed by atoms with Crippen LogP contribution in [0.4, 0.5) is 10.1 Å². The van der Waals surface area contributed by atoms with Crippen LogP contribution in [0.3, 0.4) is 0 Å². The summed E-state index contributed by atoms with van der Waals surface area (Å²) in [5.74, 6) is 0.661. The second-order valence-corrected chi connectivity index (χ2v) is 6.23. The summed E-state index contributed by atoms with van der Waals surface area (Å²) in [6.07, 6.45) is 5.17. The molecule has 4 rings (SSSR count). The van der Waals surface area contributed by atoms with E-state index in [0.29, 0.717) is 23.1 Å². The fourth-order valence-electron chi connectivity index (χ4n) is 2.75.